The Morgan fingerprint density at radius 3 is 2.73 bits per heavy atom. The Kier molecular flexibility index (Phi) is 5.24. The summed E-state index contributed by atoms with van der Waals surface area (Å²) < 4.78 is 42.5. The number of alkyl halides is 3. The van der Waals surface area contributed by atoms with Crippen LogP contribution in [0.3, 0.4) is 0 Å². The summed E-state index contributed by atoms with van der Waals surface area (Å²) in [5.41, 5.74) is -1.23. The molecule has 2 rings (SSSR count). The van der Waals surface area contributed by atoms with Crippen LogP contribution in [0, 0.1) is 0 Å². The predicted octanol–water partition coefficient (Wildman–Crippen LogP) is 4.31. The van der Waals surface area contributed by atoms with E-state index in [-0.39, 0.29) is 10.8 Å². The van der Waals surface area contributed by atoms with Crippen LogP contribution in [-0.2, 0) is 6.18 Å². The smallest absolute Gasteiger partial charge is 0.307 e. The van der Waals surface area contributed by atoms with Gasteiger partial charge in [0.25, 0.3) is 0 Å². The number of anilines is 2. The number of carbonyl (C=O) groups excluding carboxylic acids is 1. The van der Waals surface area contributed by atoms with Crippen LogP contribution in [0.4, 0.5) is 28.8 Å². The maximum Gasteiger partial charge on any atom is 0.418 e. The SMILES string of the molecule is CCSc1nsc(NC(=O)Nc2ccccc2C(F)(F)F)n1. The van der Waals surface area contributed by atoms with Crippen LogP contribution in [0.1, 0.15) is 12.5 Å². The number of amides is 2. The van der Waals surface area contributed by atoms with E-state index in [9.17, 15) is 18.0 Å². The van der Waals surface area contributed by atoms with Crippen molar-refractivity contribution in [1.29, 1.82) is 0 Å². The number of urea groups is 1. The summed E-state index contributed by atoms with van der Waals surface area (Å²) in [5.74, 6) is 0.779. The number of aromatic nitrogens is 2. The highest BCUT2D eigenvalue weighted by molar-refractivity contribution is 7.99. The van der Waals surface area contributed by atoms with Gasteiger partial charge in [-0.2, -0.15) is 22.5 Å². The molecule has 0 aliphatic heterocycles. The van der Waals surface area contributed by atoms with E-state index in [1.54, 1.807) is 0 Å². The molecule has 0 aliphatic rings. The summed E-state index contributed by atoms with van der Waals surface area (Å²) in [7, 11) is 0. The first-order chi connectivity index (χ1) is 10.4. The van der Waals surface area contributed by atoms with E-state index in [1.165, 1.54) is 30.0 Å². The molecule has 5 nitrogen and oxygen atoms in total. The van der Waals surface area contributed by atoms with E-state index >= 15 is 0 Å². The standard InChI is InChI=1S/C12H11F3N4OS2/c1-2-21-11-18-10(22-19-11)17-9(20)16-8-6-4-3-5-7(8)12(13,14)15/h3-6H,2H2,1H3,(H2,16,17,18,19,20). The molecule has 22 heavy (non-hydrogen) atoms. The van der Waals surface area contributed by atoms with Crippen LogP contribution in [0.25, 0.3) is 0 Å². The molecule has 10 heteroatoms. The zero-order valence-electron chi connectivity index (χ0n) is 11.3. The highest BCUT2D eigenvalue weighted by Gasteiger charge is 2.33. The van der Waals surface area contributed by atoms with Crippen molar-refractivity contribution in [2.75, 3.05) is 16.4 Å². The second-order valence-electron chi connectivity index (χ2n) is 3.94. The zero-order valence-corrected chi connectivity index (χ0v) is 12.9. The van der Waals surface area contributed by atoms with Gasteiger partial charge < -0.3 is 5.32 Å². The van der Waals surface area contributed by atoms with Crippen molar-refractivity contribution in [3.8, 4) is 0 Å². The molecule has 1 aromatic heterocycles. The third kappa shape index (κ3) is 4.34. The number of hydrogen-bond acceptors (Lipinski definition) is 5. The minimum atomic E-state index is -4.54. The van der Waals surface area contributed by atoms with Crippen molar-refractivity contribution in [2.24, 2.45) is 0 Å². The molecule has 2 N–H and O–H groups in total. The number of nitrogens with zero attached hydrogens (tertiary/aromatic N) is 2. The van der Waals surface area contributed by atoms with Crippen LogP contribution < -0.4 is 10.6 Å². The van der Waals surface area contributed by atoms with E-state index < -0.39 is 17.8 Å². The van der Waals surface area contributed by atoms with Gasteiger partial charge in [0.2, 0.25) is 10.3 Å². The summed E-state index contributed by atoms with van der Waals surface area (Å²) in [6.45, 7) is 1.93. The van der Waals surface area contributed by atoms with Gasteiger partial charge in [-0.3, -0.25) is 5.32 Å². The molecular weight excluding hydrogens is 337 g/mol. The van der Waals surface area contributed by atoms with E-state index in [4.69, 9.17) is 0 Å². The number of carbonyl (C=O) groups is 1. The Bertz CT molecular complexity index is 660. The third-order valence-corrected chi connectivity index (χ3v) is 3.86. The predicted molar refractivity (Wildman–Crippen MR) is 80.4 cm³/mol. The topological polar surface area (TPSA) is 66.9 Å². The summed E-state index contributed by atoms with van der Waals surface area (Å²) >= 11 is 2.36. The average Bonchev–Trinajstić information content (AvgIpc) is 2.85. The number of benzene rings is 1. The first-order valence-corrected chi connectivity index (χ1v) is 7.86. The van der Waals surface area contributed by atoms with Crippen LogP contribution in [0.15, 0.2) is 29.4 Å². The Labute approximate surface area is 132 Å². The van der Waals surface area contributed by atoms with Crippen LogP contribution in [0.2, 0.25) is 0 Å². The van der Waals surface area contributed by atoms with Gasteiger partial charge in [-0.1, -0.05) is 30.8 Å². The van der Waals surface area contributed by atoms with E-state index in [1.807, 2.05) is 6.92 Å². The van der Waals surface area contributed by atoms with Gasteiger partial charge >= 0.3 is 12.2 Å². The molecule has 0 unspecified atom stereocenters. The van der Waals surface area contributed by atoms with E-state index in [0.29, 0.717) is 5.16 Å². The molecule has 0 bridgehead atoms. The Morgan fingerprint density at radius 1 is 1.32 bits per heavy atom. The molecule has 2 amide bonds. The Hall–Kier alpha value is -1.81. The van der Waals surface area contributed by atoms with Gasteiger partial charge in [0, 0.05) is 11.5 Å². The fourth-order valence-electron chi connectivity index (χ4n) is 1.54. The van der Waals surface area contributed by atoms with E-state index in [2.05, 4.69) is 20.0 Å². The van der Waals surface area contributed by atoms with Crippen LogP contribution >= 0.6 is 23.3 Å². The fourth-order valence-corrected chi connectivity index (χ4v) is 2.80. The normalized spacial score (nSPS) is 11.3. The third-order valence-electron chi connectivity index (χ3n) is 2.38. The van der Waals surface area contributed by atoms with Crippen molar-refractivity contribution in [1.82, 2.24) is 9.36 Å². The molecule has 0 aliphatic carbocycles. The maximum atomic E-state index is 12.8. The van der Waals surface area contributed by atoms with Gasteiger partial charge in [0.05, 0.1) is 11.3 Å². The maximum absolute atomic E-state index is 12.8. The molecule has 0 saturated heterocycles. The van der Waals surface area contributed by atoms with Crippen molar-refractivity contribution in [3.05, 3.63) is 29.8 Å². The van der Waals surface area contributed by atoms with E-state index in [0.717, 1.165) is 23.4 Å². The summed E-state index contributed by atoms with van der Waals surface area (Å²) in [6, 6.07) is 3.94. The summed E-state index contributed by atoms with van der Waals surface area (Å²) in [5, 5.41) is 5.26. The minimum Gasteiger partial charge on any atom is -0.307 e. The summed E-state index contributed by atoms with van der Waals surface area (Å²) in [6.07, 6.45) is -4.54. The molecule has 2 aromatic rings. The highest BCUT2D eigenvalue weighted by Crippen LogP contribution is 2.34. The monoisotopic (exact) mass is 348 g/mol. The van der Waals surface area contributed by atoms with Gasteiger partial charge in [-0.25, -0.2) is 4.79 Å². The molecule has 0 radical (unpaired) electrons. The Morgan fingerprint density at radius 2 is 2.05 bits per heavy atom. The quantitative estimate of drug-likeness (QED) is 0.808. The van der Waals surface area contributed by atoms with Gasteiger partial charge in [-0.05, 0) is 17.9 Å². The van der Waals surface area contributed by atoms with Gasteiger partial charge in [-0.15, -0.1) is 0 Å². The lowest BCUT2D eigenvalue weighted by Gasteiger charge is -2.13. The molecular formula is C12H11F3N4OS2. The summed E-state index contributed by atoms with van der Waals surface area (Å²) in [4.78, 5) is 15.8. The van der Waals surface area contributed by atoms with Crippen molar-refractivity contribution < 1.29 is 18.0 Å². The lowest BCUT2D eigenvalue weighted by Crippen LogP contribution is -2.21. The lowest BCUT2D eigenvalue weighted by molar-refractivity contribution is -0.136. The van der Waals surface area contributed by atoms with Crippen molar-refractivity contribution in [3.63, 3.8) is 0 Å². The first kappa shape index (κ1) is 16.6. The number of nitrogens with one attached hydrogen (secondary N) is 2. The Balaban J connectivity index is 2.06. The molecule has 0 atom stereocenters. The number of hydrogen-bond donors (Lipinski definition) is 2. The zero-order chi connectivity index (χ0) is 16.2. The number of thioether (sulfide) groups is 1. The fraction of sp³-hybridized carbons (Fsp3) is 0.250. The lowest BCUT2D eigenvalue weighted by atomic mass is 10.1. The van der Waals surface area contributed by atoms with Crippen LogP contribution in [0.5, 0.6) is 0 Å². The molecule has 118 valence electrons. The molecule has 0 saturated carbocycles. The second kappa shape index (κ2) is 6.97. The molecule has 1 aromatic carbocycles. The minimum absolute atomic E-state index is 0.220. The van der Waals surface area contributed by atoms with Gasteiger partial charge in [0.15, 0.2) is 0 Å². The van der Waals surface area contributed by atoms with Crippen molar-refractivity contribution >= 4 is 40.1 Å². The second-order valence-corrected chi connectivity index (χ2v) is 5.92. The molecule has 0 spiro atoms. The largest absolute Gasteiger partial charge is 0.418 e. The number of halogens is 3. The average molecular weight is 348 g/mol. The molecule has 1 heterocycles. The van der Waals surface area contributed by atoms with Crippen molar-refractivity contribution in [2.45, 2.75) is 18.3 Å². The number of para-hydroxylation sites is 1. The number of rotatable bonds is 4. The highest BCUT2D eigenvalue weighted by atomic mass is 32.2. The van der Waals surface area contributed by atoms with Gasteiger partial charge in [0.1, 0.15) is 0 Å². The van der Waals surface area contributed by atoms with Crippen LogP contribution in [-0.4, -0.2) is 21.1 Å². The first-order valence-electron chi connectivity index (χ1n) is 6.11. The molecule has 0 fully saturated rings.